The van der Waals surface area contributed by atoms with Crippen LogP contribution in [-0.2, 0) is 11.3 Å². The fourth-order valence-electron chi connectivity index (χ4n) is 2.07. The fraction of sp³-hybridized carbons (Fsp3) is 0.800. The topological polar surface area (TPSA) is 74.2 Å². The lowest BCUT2D eigenvalue weighted by Crippen LogP contribution is -2.31. The number of methoxy groups -OCH3 is 1. The monoisotopic (exact) mass is 211 g/mol. The number of ether oxygens (including phenoxy) is 1. The van der Waals surface area contributed by atoms with Gasteiger partial charge >= 0.3 is 0 Å². The zero-order valence-electron chi connectivity index (χ0n) is 8.98. The van der Waals surface area contributed by atoms with Crippen molar-refractivity contribution in [1.29, 1.82) is 0 Å². The third kappa shape index (κ3) is 2.35. The summed E-state index contributed by atoms with van der Waals surface area (Å²) >= 11 is 0. The molecule has 0 saturated heterocycles. The van der Waals surface area contributed by atoms with Crippen LogP contribution in [-0.4, -0.2) is 23.3 Å². The SMILES string of the molecule is COCc1noc(C2CCCCC2N)n1. The first-order valence-electron chi connectivity index (χ1n) is 5.38. The van der Waals surface area contributed by atoms with Crippen molar-refractivity contribution in [3.05, 3.63) is 11.7 Å². The Morgan fingerprint density at radius 1 is 1.47 bits per heavy atom. The lowest BCUT2D eigenvalue weighted by atomic mass is 9.85. The van der Waals surface area contributed by atoms with Crippen LogP contribution < -0.4 is 5.73 Å². The number of hydrogen-bond donors (Lipinski definition) is 1. The van der Waals surface area contributed by atoms with E-state index in [4.69, 9.17) is 15.0 Å². The van der Waals surface area contributed by atoms with E-state index in [-0.39, 0.29) is 12.0 Å². The fourth-order valence-corrected chi connectivity index (χ4v) is 2.07. The Labute approximate surface area is 89.0 Å². The zero-order chi connectivity index (χ0) is 10.7. The van der Waals surface area contributed by atoms with Crippen molar-refractivity contribution in [3.63, 3.8) is 0 Å². The molecule has 1 saturated carbocycles. The van der Waals surface area contributed by atoms with Crippen LogP contribution in [0.25, 0.3) is 0 Å². The molecule has 0 spiro atoms. The summed E-state index contributed by atoms with van der Waals surface area (Å²) in [6.07, 6.45) is 4.50. The average molecular weight is 211 g/mol. The maximum Gasteiger partial charge on any atom is 0.231 e. The highest BCUT2D eigenvalue weighted by Gasteiger charge is 2.28. The maximum atomic E-state index is 6.04. The Kier molecular flexibility index (Phi) is 3.33. The van der Waals surface area contributed by atoms with Crippen molar-refractivity contribution in [1.82, 2.24) is 10.1 Å². The standard InChI is InChI=1S/C10H17N3O2/c1-14-6-9-12-10(15-13-9)7-4-2-3-5-8(7)11/h7-8H,2-6,11H2,1H3. The highest BCUT2D eigenvalue weighted by molar-refractivity contribution is 5.00. The van der Waals surface area contributed by atoms with E-state index in [1.54, 1.807) is 7.11 Å². The van der Waals surface area contributed by atoms with Crippen molar-refractivity contribution in [2.45, 2.75) is 44.2 Å². The van der Waals surface area contributed by atoms with Gasteiger partial charge < -0.3 is 15.0 Å². The van der Waals surface area contributed by atoms with Crippen LogP contribution in [0.1, 0.15) is 43.3 Å². The normalized spacial score (nSPS) is 26.8. The number of aromatic nitrogens is 2. The molecule has 1 aromatic heterocycles. The number of nitrogens with zero attached hydrogens (tertiary/aromatic N) is 2. The molecule has 0 bridgehead atoms. The largest absolute Gasteiger partial charge is 0.377 e. The van der Waals surface area contributed by atoms with E-state index < -0.39 is 0 Å². The van der Waals surface area contributed by atoms with Gasteiger partial charge in [0.15, 0.2) is 5.82 Å². The minimum atomic E-state index is 0.162. The predicted octanol–water partition coefficient (Wildman–Crippen LogP) is 1.20. The molecule has 2 atom stereocenters. The molecule has 84 valence electrons. The molecule has 5 heteroatoms. The highest BCUT2D eigenvalue weighted by atomic mass is 16.5. The lowest BCUT2D eigenvalue weighted by molar-refractivity contribution is 0.174. The molecular formula is C10H17N3O2. The Balaban J connectivity index is 2.06. The van der Waals surface area contributed by atoms with Crippen molar-refractivity contribution < 1.29 is 9.26 Å². The van der Waals surface area contributed by atoms with Crippen LogP contribution in [0.4, 0.5) is 0 Å². The van der Waals surface area contributed by atoms with Crippen molar-refractivity contribution in [3.8, 4) is 0 Å². The molecule has 15 heavy (non-hydrogen) atoms. The van der Waals surface area contributed by atoms with Gasteiger partial charge in [0.1, 0.15) is 6.61 Å². The van der Waals surface area contributed by atoms with E-state index in [9.17, 15) is 0 Å². The van der Waals surface area contributed by atoms with Gasteiger partial charge in [0.2, 0.25) is 5.89 Å². The molecule has 1 aliphatic rings. The van der Waals surface area contributed by atoms with Crippen LogP contribution in [0.15, 0.2) is 4.52 Å². The van der Waals surface area contributed by atoms with E-state index in [1.807, 2.05) is 0 Å². The van der Waals surface area contributed by atoms with Crippen LogP contribution in [0.2, 0.25) is 0 Å². The molecule has 1 heterocycles. The van der Waals surface area contributed by atoms with E-state index >= 15 is 0 Å². The van der Waals surface area contributed by atoms with Crippen molar-refractivity contribution >= 4 is 0 Å². The molecule has 2 N–H and O–H groups in total. The van der Waals surface area contributed by atoms with Gasteiger partial charge in [-0.05, 0) is 12.8 Å². The molecule has 0 radical (unpaired) electrons. The van der Waals surface area contributed by atoms with Gasteiger partial charge in [0, 0.05) is 13.2 Å². The number of hydrogen-bond acceptors (Lipinski definition) is 5. The van der Waals surface area contributed by atoms with Gasteiger partial charge in [-0.15, -0.1) is 0 Å². The van der Waals surface area contributed by atoms with E-state index in [2.05, 4.69) is 10.1 Å². The van der Waals surface area contributed by atoms with Crippen LogP contribution in [0.3, 0.4) is 0 Å². The molecule has 0 aromatic carbocycles. The third-order valence-electron chi connectivity index (χ3n) is 2.89. The number of rotatable bonds is 3. The molecule has 5 nitrogen and oxygen atoms in total. The molecule has 2 unspecified atom stereocenters. The second kappa shape index (κ2) is 4.72. The first-order valence-corrected chi connectivity index (χ1v) is 5.38. The molecule has 0 amide bonds. The van der Waals surface area contributed by atoms with Gasteiger partial charge in [0.25, 0.3) is 0 Å². The van der Waals surface area contributed by atoms with E-state index in [0.717, 1.165) is 12.8 Å². The predicted molar refractivity (Wildman–Crippen MR) is 54.2 cm³/mol. The first-order chi connectivity index (χ1) is 7.31. The van der Waals surface area contributed by atoms with Crippen molar-refractivity contribution in [2.24, 2.45) is 5.73 Å². The Morgan fingerprint density at radius 3 is 3.00 bits per heavy atom. The Morgan fingerprint density at radius 2 is 2.27 bits per heavy atom. The van der Waals surface area contributed by atoms with Crippen LogP contribution in [0.5, 0.6) is 0 Å². The molecular weight excluding hydrogens is 194 g/mol. The van der Waals surface area contributed by atoms with Gasteiger partial charge in [-0.2, -0.15) is 4.98 Å². The summed E-state index contributed by atoms with van der Waals surface area (Å²) in [6.45, 7) is 0.394. The van der Waals surface area contributed by atoms with Crippen LogP contribution >= 0.6 is 0 Å². The minimum Gasteiger partial charge on any atom is -0.377 e. The van der Waals surface area contributed by atoms with Gasteiger partial charge in [-0.3, -0.25) is 0 Å². The quantitative estimate of drug-likeness (QED) is 0.813. The van der Waals surface area contributed by atoms with Crippen molar-refractivity contribution in [2.75, 3.05) is 7.11 Å². The molecule has 1 fully saturated rings. The first kappa shape index (κ1) is 10.6. The lowest BCUT2D eigenvalue weighted by Gasteiger charge is -2.25. The minimum absolute atomic E-state index is 0.162. The molecule has 0 aliphatic heterocycles. The summed E-state index contributed by atoms with van der Waals surface area (Å²) in [4.78, 5) is 4.29. The smallest absolute Gasteiger partial charge is 0.231 e. The number of nitrogens with two attached hydrogens (primary N) is 1. The van der Waals surface area contributed by atoms with E-state index in [0.29, 0.717) is 18.3 Å². The second-order valence-electron chi connectivity index (χ2n) is 4.04. The Bertz CT molecular complexity index is 313. The highest BCUT2D eigenvalue weighted by Crippen LogP contribution is 2.30. The zero-order valence-corrected chi connectivity index (χ0v) is 8.98. The summed E-state index contributed by atoms with van der Waals surface area (Å²) in [5.74, 6) is 1.51. The van der Waals surface area contributed by atoms with Gasteiger partial charge in [0.05, 0.1) is 5.92 Å². The summed E-state index contributed by atoms with van der Waals surface area (Å²) in [7, 11) is 1.61. The summed E-state index contributed by atoms with van der Waals surface area (Å²) < 4.78 is 10.1. The molecule has 1 aliphatic carbocycles. The summed E-state index contributed by atoms with van der Waals surface area (Å²) in [5.41, 5.74) is 6.04. The maximum absolute atomic E-state index is 6.04. The van der Waals surface area contributed by atoms with Gasteiger partial charge in [-0.25, -0.2) is 0 Å². The second-order valence-corrected chi connectivity index (χ2v) is 4.04. The average Bonchev–Trinajstić information content (AvgIpc) is 2.68. The summed E-state index contributed by atoms with van der Waals surface area (Å²) in [6, 6.07) is 0.162. The third-order valence-corrected chi connectivity index (χ3v) is 2.89. The van der Waals surface area contributed by atoms with Crippen LogP contribution in [0, 0.1) is 0 Å². The van der Waals surface area contributed by atoms with Gasteiger partial charge in [-0.1, -0.05) is 18.0 Å². The molecule has 2 rings (SSSR count). The summed E-state index contributed by atoms with van der Waals surface area (Å²) in [5, 5.41) is 3.85. The molecule has 1 aromatic rings. The van der Waals surface area contributed by atoms with E-state index in [1.165, 1.54) is 12.8 Å². The Hall–Kier alpha value is -0.940.